The van der Waals surface area contributed by atoms with E-state index in [0.717, 1.165) is 6.42 Å². The van der Waals surface area contributed by atoms with Crippen molar-refractivity contribution in [2.75, 3.05) is 13.2 Å². The first-order valence-corrected chi connectivity index (χ1v) is 7.07. The Labute approximate surface area is 116 Å². The van der Waals surface area contributed by atoms with Crippen molar-refractivity contribution in [3.63, 3.8) is 0 Å². The molecular formula is C15H28O4. The summed E-state index contributed by atoms with van der Waals surface area (Å²) in [7, 11) is 0. The SMILES string of the molecule is CC(COC(=O)C(C)C)CC(C)COC(=O)C(C)C. The maximum absolute atomic E-state index is 11.3. The molecule has 0 aromatic heterocycles. The van der Waals surface area contributed by atoms with Crippen LogP contribution < -0.4 is 0 Å². The normalized spacial score (nSPS) is 14.3. The van der Waals surface area contributed by atoms with E-state index in [1.54, 1.807) is 0 Å². The second-order valence-corrected chi connectivity index (χ2v) is 6.02. The number of esters is 2. The summed E-state index contributed by atoms with van der Waals surface area (Å²) < 4.78 is 10.4. The molecule has 0 N–H and O–H groups in total. The van der Waals surface area contributed by atoms with E-state index in [-0.39, 0.29) is 35.6 Å². The van der Waals surface area contributed by atoms with Crippen LogP contribution >= 0.6 is 0 Å². The molecule has 112 valence electrons. The summed E-state index contributed by atoms with van der Waals surface area (Å²) in [5.74, 6) is 0.0515. The molecule has 0 aromatic rings. The highest BCUT2D eigenvalue weighted by molar-refractivity contribution is 5.71. The molecule has 0 saturated carbocycles. The zero-order valence-corrected chi connectivity index (χ0v) is 13.1. The van der Waals surface area contributed by atoms with Crippen molar-refractivity contribution >= 4 is 11.9 Å². The van der Waals surface area contributed by atoms with Gasteiger partial charge in [0.1, 0.15) is 0 Å². The number of rotatable bonds is 8. The van der Waals surface area contributed by atoms with Gasteiger partial charge in [-0.25, -0.2) is 0 Å². The van der Waals surface area contributed by atoms with Gasteiger partial charge < -0.3 is 9.47 Å². The Balaban J connectivity index is 3.83. The molecule has 2 unspecified atom stereocenters. The smallest absolute Gasteiger partial charge is 0.308 e. The van der Waals surface area contributed by atoms with Gasteiger partial charge in [-0.05, 0) is 18.3 Å². The second kappa shape index (κ2) is 8.94. The number of carbonyl (C=O) groups excluding carboxylic acids is 2. The third-order valence-corrected chi connectivity index (χ3v) is 2.77. The molecule has 0 rings (SSSR count). The molecule has 0 aliphatic heterocycles. The van der Waals surface area contributed by atoms with Gasteiger partial charge in [-0.3, -0.25) is 9.59 Å². The second-order valence-electron chi connectivity index (χ2n) is 6.02. The fourth-order valence-electron chi connectivity index (χ4n) is 1.61. The van der Waals surface area contributed by atoms with E-state index in [4.69, 9.17) is 9.47 Å². The molecule has 4 heteroatoms. The Hall–Kier alpha value is -1.06. The Morgan fingerprint density at radius 3 is 1.32 bits per heavy atom. The van der Waals surface area contributed by atoms with E-state index in [9.17, 15) is 9.59 Å². The van der Waals surface area contributed by atoms with Crippen molar-refractivity contribution in [1.82, 2.24) is 0 Å². The summed E-state index contributed by atoms with van der Waals surface area (Å²) in [6, 6.07) is 0. The van der Waals surface area contributed by atoms with Gasteiger partial charge >= 0.3 is 11.9 Å². The molecule has 0 amide bonds. The highest BCUT2D eigenvalue weighted by Crippen LogP contribution is 2.14. The fourth-order valence-corrected chi connectivity index (χ4v) is 1.61. The van der Waals surface area contributed by atoms with E-state index >= 15 is 0 Å². The van der Waals surface area contributed by atoms with Gasteiger partial charge in [-0.1, -0.05) is 41.5 Å². The molecule has 0 aliphatic carbocycles. The topological polar surface area (TPSA) is 52.6 Å². The van der Waals surface area contributed by atoms with E-state index in [1.807, 2.05) is 41.5 Å². The van der Waals surface area contributed by atoms with E-state index in [1.165, 1.54) is 0 Å². The fraction of sp³-hybridized carbons (Fsp3) is 0.867. The maximum Gasteiger partial charge on any atom is 0.308 e. The summed E-state index contributed by atoms with van der Waals surface area (Å²) in [4.78, 5) is 22.7. The summed E-state index contributed by atoms with van der Waals surface area (Å²) >= 11 is 0. The van der Waals surface area contributed by atoms with Crippen LogP contribution in [0.2, 0.25) is 0 Å². The van der Waals surface area contributed by atoms with E-state index in [0.29, 0.717) is 13.2 Å². The van der Waals surface area contributed by atoms with E-state index < -0.39 is 0 Å². The summed E-state index contributed by atoms with van der Waals surface area (Å²) in [5.41, 5.74) is 0. The van der Waals surface area contributed by atoms with Gasteiger partial charge in [-0.15, -0.1) is 0 Å². The van der Waals surface area contributed by atoms with Gasteiger partial charge in [0.05, 0.1) is 25.0 Å². The highest BCUT2D eigenvalue weighted by atomic mass is 16.5. The Kier molecular flexibility index (Phi) is 8.44. The molecule has 0 aromatic carbocycles. The lowest BCUT2D eigenvalue weighted by Gasteiger charge is -2.18. The monoisotopic (exact) mass is 272 g/mol. The van der Waals surface area contributed by atoms with Crippen LogP contribution in [0.4, 0.5) is 0 Å². The summed E-state index contributed by atoms with van der Waals surface area (Å²) in [6.45, 7) is 12.2. The van der Waals surface area contributed by atoms with Crippen molar-refractivity contribution in [3.05, 3.63) is 0 Å². The number of ether oxygens (including phenoxy) is 2. The molecule has 0 spiro atoms. The maximum atomic E-state index is 11.3. The third kappa shape index (κ3) is 8.62. The predicted octanol–water partition coefficient (Wildman–Crippen LogP) is 3.05. The van der Waals surface area contributed by atoms with Crippen molar-refractivity contribution in [2.24, 2.45) is 23.7 Å². The first-order chi connectivity index (χ1) is 8.73. The van der Waals surface area contributed by atoms with Crippen LogP contribution in [0.5, 0.6) is 0 Å². The number of hydrogen-bond donors (Lipinski definition) is 0. The first kappa shape index (κ1) is 17.9. The molecule has 0 bridgehead atoms. The van der Waals surface area contributed by atoms with Gasteiger partial charge in [-0.2, -0.15) is 0 Å². The zero-order chi connectivity index (χ0) is 15.0. The van der Waals surface area contributed by atoms with Crippen LogP contribution in [-0.2, 0) is 19.1 Å². The number of carbonyl (C=O) groups is 2. The van der Waals surface area contributed by atoms with Crippen LogP contribution in [0.1, 0.15) is 48.0 Å². The van der Waals surface area contributed by atoms with Crippen molar-refractivity contribution in [2.45, 2.75) is 48.0 Å². The summed E-state index contributed by atoms with van der Waals surface area (Å²) in [5, 5.41) is 0. The molecule has 0 fully saturated rings. The summed E-state index contributed by atoms with van der Waals surface area (Å²) in [6.07, 6.45) is 0.872. The lowest BCUT2D eigenvalue weighted by molar-refractivity contribution is -0.149. The average molecular weight is 272 g/mol. The van der Waals surface area contributed by atoms with Crippen LogP contribution in [-0.4, -0.2) is 25.2 Å². The molecule has 0 radical (unpaired) electrons. The average Bonchev–Trinajstić information content (AvgIpc) is 2.32. The Morgan fingerprint density at radius 2 is 1.05 bits per heavy atom. The van der Waals surface area contributed by atoms with Crippen LogP contribution in [0.25, 0.3) is 0 Å². The number of hydrogen-bond acceptors (Lipinski definition) is 4. The highest BCUT2D eigenvalue weighted by Gasteiger charge is 2.15. The third-order valence-electron chi connectivity index (χ3n) is 2.77. The first-order valence-electron chi connectivity index (χ1n) is 7.07. The minimum Gasteiger partial charge on any atom is -0.465 e. The van der Waals surface area contributed by atoms with Crippen molar-refractivity contribution in [3.8, 4) is 0 Å². The Bertz CT molecular complexity index is 256. The molecule has 0 aliphatic rings. The predicted molar refractivity (Wildman–Crippen MR) is 74.5 cm³/mol. The van der Waals surface area contributed by atoms with Crippen molar-refractivity contribution in [1.29, 1.82) is 0 Å². The van der Waals surface area contributed by atoms with E-state index in [2.05, 4.69) is 0 Å². The van der Waals surface area contributed by atoms with Gasteiger partial charge in [0.2, 0.25) is 0 Å². The van der Waals surface area contributed by atoms with Gasteiger partial charge in [0, 0.05) is 0 Å². The standard InChI is InChI=1S/C15H28O4/c1-10(2)14(16)18-8-12(5)7-13(6)9-19-15(17)11(3)4/h10-13H,7-9H2,1-6H3. The Morgan fingerprint density at radius 1 is 0.737 bits per heavy atom. The quantitative estimate of drug-likeness (QED) is 0.637. The lowest BCUT2D eigenvalue weighted by Crippen LogP contribution is -2.20. The van der Waals surface area contributed by atoms with Crippen LogP contribution in [0.3, 0.4) is 0 Å². The molecule has 2 atom stereocenters. The molecule has 19 heavy (non-hydrogen) atoms. The minimum atomic E-state index is -0.161. The molecule has 0 heterocycles. The minimum absolute atomic E-state index is 0.0865. The largest absolute Gasteiger partial charge is 0.465 e. The van der Waals surface area contributed by atoms with Crippen LogP contribution in [0, 0.1) is 23.7 Å². The zero-order valence-electron chi connectivity index (χ0n) is 13.1. The van der Waals surface area contributed by atoms with Crippen LogP contribution in [0.15, 0.2) is 0 Å². The van der Waals surface area contributed by atoms with Gasteiger partial charge in [0.15, 0.2) is 0 Å². The molecule has 4 nitrogen and oxygen atoms in total. The molecule has 0 saturated heterocycles. The van der Waals surface area contributed by atoms with Gasteiger partial charge in [0.25, 0.3) is 0 Å². The van der Waals surface area contributed by atoms with Crippen molar-refractivity contribution < 1.29 is 19.1 Å². The lowest BCUT2D eigenvalue weighted by atomic mass is 9.99. The molecular weight excluding hydrogens is 244 g/mol.